The molecule has 4 atom stereocenters. The van der Waals surface area contributed by atoms with Crippen LogP contribution in [0.1, 0.15) is 27.0 Å². The maximum atomic E-state index is 10.5. The number of aromatic nitrogens is 4. The van der Waals surface area contributed by atoms with Crippen molar-refractivity contribution in [2.24, 2.45) is 0 Å². The lowest BCUT2D eigenvalue weighted by Crippen LogP contribution is -2.51. The van der Waals surface area contributed by atoms with Gasteiger partial charge < -0.3 is 26.0 Å². The van der Waals surface area contributed by atoms with Gasteiger partial charge >= 0.3 is 0 Å². The van der Waals surface area contributed by atoms with E-state index in [0.717, 1.165) is 0 Å². The standard InChI is InChI=1S/C14H22N6O3/c1-14(2,3)19-8-10(22)7(4-21)23-13(8)20-6-18-9-11(15)16-5-17-12(9)20/h5-8,10,13,19,21-22H,4H2,1-3H3,(H2,15,16,17)/t7-,8-,10+,13-/m1/s1. The van der Waals surface area contributed by atoms with E-state index in [-0.39, 0.29) is 18.0 Å². The van der Waals surface area contributed by atoms with Gasteiger partial charge in [0.05, 0.1) is 19.0 Å². The smallest absolute Gasteiger partial charge is 0.167 e. The van der Waals surface area contributed by atoms with Crippen molar-refractivity contribution >= 4 is 17.0 Å². The summed E-state index contributed by atoms with van der Waals surface area (Å²) in [7, 11) is 0. The highest BCUT2D eigenvalue weighted by molar-refractivity contribution is 5.81. The quantitative estimate of drug-likeness (QED) is 0.590. The molecule has 9 nitrogen and oxygen atoms in total. The van der Waals surface area contributed by atoms with Crippen molar-refractivity contribution in [3.05, 3.63) is 12.7 Å². The third kappa shape index (κ3) is 2.88. The molecule has 0 unspecified atom stereocenters. The zero-order valence-corrected chi connectivity index (χ0v) is 13.3. The van der Waals surface area contributed by atoms with E-state index in [1.807, 2.05) is 20.8 Å². The maximum Gasteiger partial charge on any atom is 0.167 e. The second-order valence-corrected chi connectivity index (χ2v) is 6.74. The van der Waals surface area contributed by atoms with Crippen LogP contribution in [0.3, 0.4) is 0 Å². The Morgan fingerprint density at radius 3 is 2.74 bits per heavy atom. The average molecular weight is 322 g/mol. The second-order valence-electron chi connectivity index (χ2n) is 6.74. The van der Waals surface area contributed by atoms with Gasteiger partial charge in [-0.1, -0.05) is 0 Å². The Hall–Kier alpha value is -1.81. The predicted molar refractivity (Wildman–Crippen MR) is 83.4 cm³/mol. The van der Waals surface area contributed by atoms with Crippen molar-refractivity contribution < 1.29 is 14.9 Å². The molecule has 0 spiro atoms. The van der Waals surface area contributed by atoms with Gasteiger partial charge in [0.1, 0.15) is 24.1 Å². The SMILES string of the molecule is CC(C)(C)N[C@@H]1[C@@H](O)[C@@H](CO)O[C@H]1n1cnc2c(N)ncnc21. The highest BCUT2D eigenvalue weighted by Gasteiger charge is 2.46. The number of rotatable bonds is 3. The van der Waals surface area contributed by atoms with E-state index in [2.05, 4.69) is 20.3 Å². The Morgan fingerprint density at radius 1 is 1.35 bits per heavy atom. The molecular formula is C14H22N6O3. The minimum Gasteiger partial charge on any atom is -0.394 e. The molecule has 3 heterocycles. The number of nitrogen functional groups attached to an aromatic ring is 1. The first-order valence-electron chi connectivity index (χ1n) is 7.47. The topological polar surface area (TPSA) is 131 Å². The molecule has 9 heteroatoms. The number of hydrogen-bond acceptors (Lipinski definition) is 8. The fourth-order valence-electron chi connectivity index (χ4n) is 2.85. The fraction of sp³-hybridized carbons (Fsp3) is 0.643. The summed E-state index contributed by atoms with van der Waals surface area (Å²) in [5, 5.41) is 23.3. The summed E-state index contributed by atoms with van der Waals surface area (Å²) in [6.07, 6.45) is 0.805. The van der Waals surface area contributed by atoms with Crippen molar-refractivity contribution in [1.29, 1.82) is 0 Å². The summed E-state index contributed by atoms with van der Waals surface area (Å²) in [6, 6.07) is -0.430. The zero-order valence-electron chi connectivity index (χ0n) is 13.3. The highest BCUT2D eigenvalue weighted by Crippen LogP contribution is 2.32. The molecule has 3 rings (SSSR count). The van der Waals surface area contributed by atoms with E-state index in [0.29, 0.717) is 11.2 Å². The van der Waals surface area contributed by atoms with Gasteiger partial charge in [-0.05, 0) is 20.8 Å². The van der Waals surface area contributed by atoms with Crippen LogP contribution in [0.15, 0.2) is 12.7 Å². The molecule has 0 radical (unpaired) electrons. The maximum absolute atomic E-state index is 10.5. The van der Waals surface area contributed by atoms with Crippen LogP contribution in [0.2, 0.25) is 0 Å². The van der Waals surface area contributed by atoms with Crippen LogP contribution in [0, 0.1) is 0 Å². The largest absolute Gasteiger partial charge is 0.394 e. The Labute approximate surface area is 133 Å². The van der Waals surface area contributed by atoms with Gasteiger partial charge in [-0.3, -0.25) is 4.57 Å². The third-order valence-electron chi connectivity index (χ3n) is 3.81. The number of ether oxygens (including phenoxy) is 1. The first kappa shape index (κ1) is 16.1. The molecule has 2 aromatic rings. The third-order valence-corrected chi connectivity index (χ3v) is 3.81. The number of imidazole rings is 1. The lowest BCUT2D eigenvalue weighted by Gasteiger charge is -2.30. The Kier molecular flexibility index (Phi) is 3.96. The van der Waals surface area contributed by atoms with Crippen LogP contribution in [-0.4, -0.2) is 60.1 Å². The number of fused-ring (bicyclic) bond motifs is 1. The van der Waals surface area contributed by atoms with Gasteiger partial charge in [-0.2, -0.15) is 0 Å². The highest BCUT2D eigenvalue weighted by atomic mass is 16.5. The Bertz CT molecular complexity index is 697. The molecule has 1 aliphatic rings. The normalized spacial score (nSPS) is 28.6. The minimum absolute atomic E-state index is 0.248. The minimum atomic E-state index is -0.860. The van der Waals surface area contributed by atoms with Crippen LogP contribution >= 0.6 is 0 Å². The number of nitrogens with two attached hydrogens (primary N) is 1. The van der Waals surface area contributed by atoms with Gasteiger partial charge in [0.2, 0.25) is 0 Å². The molecular weight excluding hydrogens is 300 g/mol. The number of aliphatic hydroxyl groups is 2. The molecule has 5 N–H and O–H groups in total. The fourth-order valence-corrected chi connectivity index (χ4v) is 2.85. The van der Waals surface area contributed by atoms with E-state index >= 15 is 0 Å². The first-order valence-corrected chi connectivity index (χ1v) is 7.47. The van der Waals surface area contributed by atoms with Crippen LogP contribution in [0.5, 0.6) is 0 Å². The lowest BCUT2D eigenvalue weighted by molar-refractivity contribution is -0.0444. The number of nitrogens with one attached hydrogen (secondary N) is 1. The van der Waals surface area contributed by atoms with Crippen molar-refractivity contribution in [3.8, 4) is 0 Å². The van der Waals surface area contributed by atoms with E-state index in [4.69, 9.17) is 10.5 Å². The van der Waals surface area contributed by atoms with Crippen molar-refractivity contribution in [2.75, 3.05) is 12.3 Å². The first-order chi connectivity index (χ1) is 10.8. The molecule has 1 saturated heterocycles. The van der Waals surface area contributed by atoms with Crippen LogP contribution in [-0.2, 0) is 4.74 Å². The second kappa shape index (κ2) is 5.68. The number of nitrogens with zero attached hydrogens (tertiary/aromatic N) is 4. The van der Waals surface area contributed by atoms with Gasteiger partial charge in [-0.25, -0.2) is 15.0 Å². The molecule has 1 aliphatic heterocycles. The van der Waals surface area contributed by atoms with E-state index < -0.39 is 24.5 Å². The average Bonchev–Trinajstić information content (AvgIpc) is 3.01. The van der Waals surface area contributed by atoms with Crippen molar-refractivity contribution in [1.82, 2.24) is 24.8 Å². The molecule has 1 fully saturated rings. The molecule has 0 amide bonds. The van der Waals surface area contributed by atoms with Gasteiger partial charge in [0, 0.05) is 5.54 Å². The molecule has 0 aromatic carbocycles. The van der Waals surface area contributed by atoms with Gasteiger partial charge in [-0.15, -0.1) is 0 Å². The lowest BCUT2D eigenvalue weighted by atomic mass is 10.0. The summed E-state index contributed by atoms with van der Waals surface area (Å²) in [6.45, 7) is 5.71. The number of hydrogen-bond donors (Lipinski definition) is 4. The van der Waals surface area contributed by atoms with Gasteiger partial charge in [0.25, 0.3) is 0 Å². The monoisotopic (exact) mass is 322 g/mol. The molecule has 0 saturated carbocycles. The summed E-state index contributed by atoms with van der Waals surface area (Å²) >= 11 is 0. The summed E-state index contributed by atoms with van der Waals surface area (Å²) in [5.74, 6) is 0.284. The van der Waals surface area contributed by atoms with E-state index in [1.54, 1.807) is 10.9 Å². The molecule has 126 valence electrons. The van der Waals surface area contributed by atoms with Crippen LogP contribution in [0.4, 0.5) is 5.82 Å². The zero-order chi connectivity index (χ0) is 16.8. The summed E-state index contributed by atoms with van der Waals surface area (Å²) < 4.78 is 7.54. The van der Waals surface area contributed by atoms with E-state index in [1.165, 1.54) is 6.33 Å². The Morgan fingerprint density at radius 2 is 2.09 bits per heavy atom. The molecule has 0 aliphatic carbocycles. The summed E-state index contributed by atoms with van der Waals surface area (Å²) in [4.78, 5) is 12.4. The predicted octanol–water partition coefficient (Wildman–Crippen LogP) is -0.584. The Balaban J connectivity index is 2.02. The molecule has 23 heavy (non-hydrogen) atoms. The number of anilines is 1. The summed E-state index contributed by atoms with van der Waals surface area (Å²) in [5.41, 5.74) is 6.57. The number of aliphatic hydroxyl groups excluding tert-OH is 2. The van der Waals surface area contributed by atoms with Crippen molar-refractivity contribution in [3.63, 3.8) is 0 Å². The molecule has 0 bridgehead atoms. The van der Waals surface area contributed by atoms with Crippen LogP contribution < -0.4 is 11.1 Å². The molecule has 2 aromatic heterocycles. The van der Waals surface area contributed by atoms with E-state index in [9.17, 15) is 10.2 Å². The van der Waals surface area contributed by atoms with Crippen molar-refractivity contribution in [2.45, 2.75) is 50.8 Å². The van der Waals surface area contributed by atoms with Crippen LogP contribution in [0.25, 0.3) is 11.2 Å². The van der Waals surface area contributed by atoms with Gasteiger partial charge in [0.15, 0.2) is 17.7 Å².